The fraction of sp³-hybridized carbons (Fsp3) is 0. The summed E-state index contributed by atoms with van der Waals surface area (Å²) in [6.07, 6.45) is 0. The van der Waals surface area contributed by atoms with Crippen LogP contribution in [0, 0.1) is 0 Å². The summed E-state index contributed by atoms with van der Waals surface area (Å²) >= 11 is 0. The molecule has 0 spiro atoms. The molecule has 1 nitrogen and oxygen atoms in total. The standard InChI is InChI=1S/C54H39N/c1-6-17-40(18-7-1)42-29-33-49(34-30-42)55(50-28-16-27-46(37-50)41-19-8-2-9-20-41)54-36-32-48(39-53(54)45-25-14-5-15-26-45)47-31-35-51(43-21-10-3-11-22-43)52(38-47)44-23-12-4-13-24-44/h1-39H. The van der Waals surface area contributed by atoms with Crippen LogP contribution in [0.2, 0.25) is 0 Å². The summed E-state index contributed by atoms with van der Waals surface area (Å²) in [5.74, 6) is 0. The van der Waals surface area contributed by atoms with Gasteiger partial charge in [0, 0.05) is 16.9 Å². The number of nitrogens with zero attached hydrogens (tertiary/aromatic N) is 1. The predicted octanol–water partition coefficient (Wildman–Crippen LogP) is 15.2. The summed E-state index contributed by atoms with van der Waals surface area (Å²) in [4.78, 5) is 2.40. The SMILES string of the molecule is c1ccc(-c2ccc(N(c3cccc(-c4ccccc4)c3)c3ccc(-c4ccc(-c5ccccc5)c(-c5ccccc5)c4)cc3-c3ccccc3)cc2)cc1. The van der Waals surface area contributed by atoms with E-state index < -0.39 is 0 Å². The first-order valence-corrected chi connectivity index (χ1v) is 18.8. The maximum atomic E-state index is 2.40. The number of hydrogen-bond acceptors (Lipinski definition) is 1. The smallest absolute Gasteiger partial charge is 0.0540 e. The van der Waals surface area contributed by atoms with E-state index in [9.17, 15) is 0 Å². The zero-order valence-electron chi connectivity index (χ0n) is 30.5. The van der Waals surface area contributed by atoms with Crippen LogP contribution in [-0.4, -0.2) is 0 Å². The Hall–Kier alpha value is -7.22. The average molecular weight is 702 g/mol. The highest BCUT2D eigenvalue weighted by molar-refractivity contribution is 5.93. The van der Waals surface area contributed by atoms with E-state index in [-0.39, 0.29) is 0 Å². The van der Waals surface area contributed by atoms with Gasteiger partial charge in [0.05, 0.1) is 5.69 Å². The average Bonchev–Trinajstić information content (AvgIpc) is 3.28. The molecule has 0 amide bonds. The molecule has 260 valence electrons. The topological polar surface area (TPSA) is 3.24 Å². The molecule has 9 aromatic rings. The van der Waals surface area contributed by atoms with Crippen molar-refractivity contribution in [1.29, 1.82) is 0 Å². The molecule has 0 radical (unpaired) electrons. The second-order valence-electron chi connectivity index (χ2n) is 13.8. The Balaban J connectivity index is 1.22. The van der Waals surface area contributed by atoms with Crippen molar-refractivity contribution in [2.75, 3.05) is 4.90 Å². The molecule has 0 N–H and O–H groups in total. The first-order chi connectivity index (χ1) is 27.3. The van der Waals surface area contributed by atoms with Crippen LogP contribution in [-0.2, 0) is 0 Å². The molecule has 0 saturated carbocycles. The molecule has 1 heteroatoms. The van der Waals surface area contributed by atoms with E-state index in [1.807, 2.05) is 0 Å². The first-order valence-electron chi connectivity index (χ1n) is 18.8. The molecule has 0 aromatic heterocycles. The van der Waals surface area contributed by atoms with Gasteiger partial charge < -0.3 is 4.90 Å². The van der Waals surface area contributed by atoms with E-state index in [2.05, 4.69) is 241 Å². The number of anilines is 3. The van der Waals surface area contributed by atoms with Gasteiger partial charge in [-0.1, -0.05) is 194 Å². The monoisotopic (exact) mass is 701 g/mol. The van der Waals surface area contributed by atoms with Gasteiger partial charge in [-0.25, -0.2) is 0 Å². The minimum atomic E-state index is 1.09. The van der Waals surface area contributed by atoms with Crippen molar-refractivity contribution < 1.29 is 0 Å². The van der Waals surface area contributed by atoms with Crippen LogP contribution in [0.25, 0.3) is 66.8 Å². The van der Waals surface area contributed by atoms with Crippen LogP contribution < -0.4 is 4.90 Å². The Morgan fingerprint density at radius 2 is 0.582 bits per heavy atom. The van der Waals surface area contributed by atoms with E-state index in [4.69, 9.17) is 0 Å². The highest BCUT2D eigenvalue weighted by Gasteiger charge is 2.20. The molecule has 9 aromatic carbocycles. The molecular weight excluding hydrogens is 663 g/mol. The molecule has 0 heterocycles. The number of benzene rings is 9. The molecule has 9 rings (SSSR count). The largest absolute Gasteiger partial charge is 0.310 e. The van der Waals surface area contributed by atoms with Gasteiger partial charge in [-0.3, -0.25) is 0 Å². The Labute approximate surface area is 324 Å². The molecule has 0 bridgehead atoms. The van der Waals surface area contributed by atoms with Crippen molar-refractivity contribution in [1.82, 2.24) is 0 Å². The highest BCUT2D eigenvalue weighted by Crippen LogP contribution is 2.45. The Kier molecular flexibility index (Phi) is 9.41. The Morgan fingerprint density at radius 3 is 1.15 bits per heavy atom. The third-order valence-corrected chi connectivity index (χ3v) is 10.3. The van der Waals surface area contributed by atoms with Crippen LogP contribution in [0.5, 0.6) is 0 Å². The van der Waals surface area contributed by atoms with Crippen molar-refractivity contribution in [2.24, 2.45) is 0 Å². The van der Waals surface area contributed by atoms with E-state index in [1.165, 1.54) is 50.1 Å². The molecule has 0 unspecified atom stereocenters. The second kappa shape index (κ2) is 15.4. The van der Waals surface area contributed by atoms with Crippen molar-refractivity contribution in [3.63, 3.8) is 0 Å². The second-order valence-corrected chi connectivity index (χ2v) is 13.8. The van der Waals surface area contributed by atoms with Crippen LogP contribution in [0.1, 0.15) is 0 Å². The minimum Gasteiger partial charge on any atom is -0.310 e. The maximum absolute atomic E-state index is 2.40. The fourth-order valence-electron chi connectivity index (χ4n) is 7.53. The van der Waals surface area contributed by atoms with E-state index >= 15 is 0 Å². The molecule has 0 aliphatic rings. The number of rotatable bonds is 9. The summed E-state index contributed by atoms with van der Waals surface area (Å²) in [7, 11) is 0. The van der Waals surface area contributed by atoms with Gasteiger partial charge in [0.1, 0.15) is 0 Å². The lowest BCUT2D eigenvalue weighted by molar-refractivity contribution is 1.28. The van der Waals surface area contributed by atoms with E-state index in [0.717, 1.165) is 33.8 Å². The third kappa shape index (κ3) is 7.12. The van der Waals surface area contributed by atoms with Gasteiger partial charge in [0.2, 0.25) is 0 Å². The lowest BCUT2D eigenvalue weighted by Gasteiger charge is -2.29. The summed E-state index contributed by atoms with van der Waals surface area (Å²) in [6.45, 7) is 0. The lowest BCUT2D eigenvalue weighted by Crippen LogP contribution is -2.11. The zero-order chi connectivity index (χ0) is 36.8. The number of hydrogen-bond donors (Lipinski definition) is 0. The molecule has 0 atom stereocenters. The molecule has 55 heavy (non-hydrogen) atoms. The Bertz CT molecular complexity index is 2650. The zero-order valence-corrected chi connectivity index (χ0v) is 30.5. The van der Waals surface area contributed by atoms with Gasteiger partial charge in [0.25, 0.3) is 0 Å². The normalized spacial score (nSPS) is 10.9. The minimum absolute atomic E-state index is 1.09. The van der Waals surface area contributed by atoms with Crippen molar-refractivity contribution >= 4 is 17.1 Å². The molecule has 0 aliphatic heterocycles. The Morgan fingerprint density at radius 1 is 0.200 bits per heavy atom. The van der Waals surface area contributed by atoms with E-state index in [0.29, 0.717) is 0 Å². The summed E-state index contributed by atoms with van der Waals surface area (Å²) < 4.78 is 0. The van der Waals surface area contributed by atoms with Crippen molar-refractivity contribution in [3.05, 3.63) is 237 Å². The van der Waals surface area contributed by atoms with Gasteiger partial charge in [0.15, 0.2) is 0 Å². The predicted molar refractivity (Wildman–Crippen MR) is 234 cm³/mol. The molecular formula is C54H39N. The fourth-order valence-corrected chi connectivity index (χ4v) is 7.53. The summed E-state index contributed by atoms with van der Waals surface area (Å²) in [5, 5.41) is 0. The third-order valence-electron chi connectivity index (χ3n) is 10.3. The van der Waals surface area contributed by atoms with Crippen LogP contribution in [0.15, 0.2) is 237 Å². The van der Waals surface area contributed by atoms with E-state index in [1.54, 1.807) is 0 Å². The van der Waals surface area contributed by atoms with Crippen LogP contribution >= 0.6 is 0 Å². The molecule has 0 aliphatic carbocycles. The van der Waals surface area contributed by atoms with Gasteiger partial charge >= 0.3 is 0 Å². The summed E-state index contributed by atoms with van der Waals surface area (Å²) in [5.41, 5.74) is 17.6. The molecule has 0 fully saturated rings. The molecule has 0 saturated heterocycles. The quantitative estimate of drug-likeness (QED) is 0.145. The van der Waals surface area contributed by atoms with Gasteiger partial charge in [-0.15, -0.1) is 0 Å². The lowest BCUT2D eigenvalue weighted by atomic mass is 9.90. The summed E-state index contributed by atoms with van der Waals surface area (Å²) in [6, 6.07) is 85.0. The first kappa shape index (κ1) is 33.6. The maximum Gasteiger partial charge on any atom is 0.0540 e. The van der Waals surface area contributed by atoms with Gasteiger partial charge in [-0.2, -0.15) is 0 Å². The van der Waals surface area contributed by atoms with Crippen molar-refractivity contribution in [3.8, 4) is 66.8 Å². The highest BCUT2D eigenvalue weighted by atomic mass is 15.1. The van der Waals surface area contributed by atoms with Crippen LogP contribution in [0.4, 0.5) is 17.1 Å². The van der Waals surface area contributed by atoms with Gasteiger partial charge in [-0.05, 0) is 104 Å². The van der Waals surface area contributed by atoms with Crippen LogP contribution in [0.3, 0.4) is 0 Å². The van der Waals surface area contributed by atoms with Crippen molar-refractivity contribution in [2.45, 2.75) is 0 Å².